The standard InChI is InChI=1S/C21H20ClN3O5S3/c1-30-18-5-4-14(9-16(18)22)25-20(27)17(10-15-3-2-7-31-15)24-21(25)32-11-19(26)23-13-6-8-33(28,29)12-13/h2-5,7,9-10,13H,6,8,11-12H2,1H3,(H,23,26)/b17-10+/t13-/m0/s1. The summed E-state index contributed by atoms with van der Waals surface area (Å²) in [5.74, 6) is -0.175. The van der Waals surface area contributed by atoms with Crippen LogP contribution in [-0.4, -0.2) is 55.8 Å². The third-order valence-electron chi connectivity index (χ3n) is 4.98. The second-order valence-electron chi connectivity index (χ2n) is 7.35. The fourth-order valence-corrected chi connectivity index (χ4v) is 6.83. The summed E-state index contributed by atoms with van der Waals surface area (Å²) in [5.41, 5.74) is 0.739. The normalized spacial score (nSPS) is 20.8. The van der Waals surface area contributed by atoms with E-state index < -0.39 is 9.84 Å². The predicted octanol–water partition coefficient (Wildman–Crippen LogP) is 3.19. The summed E-state index contributed by atoms with van der Waals surface area (Å²) >= 11 is 8.84. The zero-order valence-electron chi connectivity index (χ0n) is 17.5. The molecule has 174 valence electrons. The number of hydrogen-bond acceptors (Lipinski definition) is 8. The SMILES string of the molecule is COc1ccc(N2C(=O)/C(=C\c3cccs3)N=C2SCC(=O)N[C@H]2CCS(=O)(=O)C2)cc1Cl. The third-order valence-corrected chi connectivity index (χ3v) is 8.80. The summed E-state index contributed by atoms with van der Waals surface area (Å²) < 4.78 is 28.4. The highest BCUT2D eigenvalue weighted by Crippen LogP contribution is 2.34. The van der Waals surface area contributed by atoms with Gasteiger partial charge in [-0.1, -0.05) is 29.4 Å². The number of aliphatic imine (C=N–C) groups is 1. The molecule has 8 nitrogen and oxygen atoms in total. The number of benzene rings is 1. The van der Waals surface area contributed by atoms with E-state index in [-0.39, 0.29) is 40.8 Å². The Bertz CT molecular complexity index is 1240. The number of halogens is 1. The number of hydrogen-bond donors (Lipinski definition) is 1. The Kier molecular flexibility index (Phi) is 7.13. The van der Waals surface area contributed by atoms with E-state index in [2.05, 4.69) is 10.3 Å². The van der Waals surface area contributed by atoms with Crippen LogP contribution in [0.3, 0.4) is 0 Å². The lowest BCUT2D eigenvalue weighted by molar-refractivity contribution is -0.119. The van der Waals surface area contributed by atoms with Crippen LogP contribution in [0.4, 0.5) is 5.69 Å². The number of rotatable bonds is 6. The first-order valence-corrected chi connectivity index (χ1v) is 14.0. The van der Waals surface area contributed by atoms with Crippen LogP contribution in [0.1, 0.15) is 11.3 Å². The van der Waals surface area contributed by atoms with Crippen LogP contribution in [0.25, 0.3) is 6.08 Å². The molecule has 0 spiro atoms. The first-order valence-electron chi connectivity index (χ1n) is 9.90. The van der Waals surface area contributed by atoms with Crippen molar-refractivity contribution < 1.29 is 22.7 Å². The van der Waals surface area contributed by atoms with Crippen molar-refractivity contribution in [3.05, 3.63) is 51.3 Å². The number of thioether (sulfide) groups is 1. The highest BCUT2D eigenvalue weighted by atomic mass is 35.5. The monoisotopic (exact) mass is 525 g/mol. The Morgan fingerprint density at radius 3 is 2.88 bits per heavy atom. The number of sulfone groups is 1. The summed E-state index contributed by atoms with van der Waals surface area (Å²) in [6.07, 6.45) is 2.10. The first-order chi connectivity index (χ1) is 15.8. The van der Waals surface area contributed by atoms with Crippen molar-refractivity contribution in [2.75, 3.05) is 29.3 Å². The van der Waals surface area contributed by atoms with Gasteiger partial charge in [0.1, 0.15) is 11.4 Å². The lowest BCUT2D eigenvalue weighted by atomic mass is 10.2. The van der Waals surface area contributed by atoms with Gasteiger partial charge in [0.2, 0.25) is 5.91 Å². The molecule has 2 aliphatic heterocycles. The van der Waals surface area contributed by atoms with Crippen molar-refractivity contribution >= 4 is 73.3 Å². The smallest absolute Gasteiger partial charge is 0.283 e. The molecule has 0 bridgehead atoms. The number of carbonyl (C=O) groups is 2. The molecule has 12 heteroatoms. The summed E-state index contributed by atoms with van der Waals surface area (Å²) in [6, 6.07) is 8.32. The molecule has 0 radical (unpaired) electrons. The van der Waals surface area contributed by atoms with Gasteiger partial charge in [-0.05, 0) is 42.1 Å². The van der Waals surface area contributed by atoms with Crippen molar-refractivity contribution in [3.8, 4) is 5.75 Å². The molecule has 2 aliphatic rings. The van der Waals surface area contributed by atoms with E-state index in [9.17, 15) is 18.0 Å². The number of carbonyl (C=O) groups excluding carboxylic acids is 2. The average Bonchev–Trinajstić information content (AvgIpc) is 3.47. The second-order valence-corrected chi connectivity index (χ2v) is 11.9. The minimum Gasteiger partial charge on any atom is -0.495 e. The van der Waals surface area contributed by atoms with Gasteiger partial charge in [-0.2, -0.15) is 0 Å². The second kappa shape index (κ2) is 9.88. The van der Waals surface area contributed by atoms with Gasteiger partial charge in [-0.25, -0.2) is 13.4 Å². The molecule has 2 aromatic rings. The van der Waals surface area contributed by atoms with E-state index in [0.29, 0.717) is 28.0 Å². The summed E-state index contributed by atoms with van der Waals surface area (Å²) in [5, 5.41) is 5.32. The molecule has 1 N–H and O–H groups in total. The summed E-state index contributed by atoms with van der Waals surface area (Å²) in [4.78, 5) is 32.4. The number of methoxy groups -OCH3 is 1. The molecule has 1 aromatic carbocycles. The van der Waals surface area contributed by atoms with Crippen LogP contribution in [0.15, 0.2) is 46.4 Å². The first kappa shape index (κ1) is 23.8. The van der Waals surface area contributed by atoms with Crippen LogP contribution >= 0.6 is 34.7 Å². The Hall–Kier alpha value is -2.34. The predicted molar refractivity (Wildman–Crippen MR) is 133 cm³/mol. The van der Waals surface area contributed by atoms with Gasteiger partial charge in [0.05, 0.1) is 35.1 Å². The van der Waals surface area contributed by atoms with Crippen LogP contribution in [0.5, 0.6) is 5.75 Å². The van der Waals surface area contributed by atoms with Gasteiger partial charge in [-0.15, -0.1) is 11.3 Å². The maximum Gasteiger partial charge on any atom is 0.283 e. The summed E-state index contributed by atoms with van der Waals surface area (Å²) in [7, 11) is -1.59. The van der Waals surface area contributed by atoms with Gasteiger partial charge in [-0.3, -0.25) is 14.5 Å². The van der Waals surface area contributed by atoms with Gasteiger partial charge in [0.25, 0.3) is 5.91 Å². The zero-order valence-corrected chi connectivity index (χ0v) is 20.7. The Labute approximate surface area is 204 Å². The minimum absolute atomic E-state index is 0.0185. The number of amidine groups is 1. The van der Waals surface area contributed by atoms with Crippen LogP contribution in [-0.2, 0) is 19.4 Å². The molecule has 1 fully saturated rings. The van der Waals surface area contributed by atoms with Crippen LogP contribution in [0, 0.1) is 0 Å². The van der Waals surface area contributed by atoms with Gasteiger partial charge >= 0.3 is 0 Å². The molecule has 1 aromatic heterocycles. The van der Waals surface area contributed by atoms with E-state index in [1.54, 1.807) is 24.3 Å². The lowest BCUT2D eigenvalue weighted by Gasteiger charge is -2.19. The number of ether oxygens (including phenoxy) is 1. The van der Waals surface area contributed by atoms with Crippen molar-refractivity contribution in [3.63, 3.8) is 0 Å². The zero-order chi connectivity index (χ0) is 23.6. The molecule has 0 unspecified atom stereocenters. The molecule has 0 aliphatic carbocycles. The van der Waals surface area contributed by atoms with E-state index in [4.69, 9.17) is 16.3 Å². The maximum absolute atomic E-state index is 13.2. The molecule has 4 rings (SSSR count). The quantitative estimate of drug-likeness (QED) is 0.581. The number of nitrogens with zero attached hydrogens (tertiary/aromatic N) is 2. The van der Waals surface area contributed by atoms with Crippen molar-refractivity contribution in [2.24, 2.45) is 4.99 Å². The molecule has 0 saturated carbocycles. The lowest BCUT2D eigenvalue weighted by Crippen LogP contribution is -2.37. The highest BCUT2D eigenvalue weighted by Gasteiger charge is 2.34. The molecule has 1 atom stereocenters. The minimum atomic E-state index is -3.09. The Morgan fingerprint density at radius 1 is 1.42 bits per heavy atom. The fourth-order valence-electron chi connectivity index (χ4n) is 3.43. The highest BCUT2D eigenvalue weighted by molar-refractivity contribution is 8.14. The maximum atomic E-state index is 13.2. The van der Waals surface area contributed by atoms with E-state index in [1.165, 1.54) is 23.3 Å². The van der Waals surface area contributed by atoms with Crippen LogP contribution < -0.4 is 15.0 Å². The fraction of sp³-hybridized carbons (Fsp3) is 0.286. The van der Waals surface area contributed by atoms with Crippen molar-refractivity contribution in [1.82, 2.24) is 5.32 Å². The average molecular weight is 526 g/mol. The van der Waals surface area contributed by atoms with Gasteiger partial charge in [0, 0.05) is 10.9 Å². The third kappa shape index (κ3) is 5.60. The largest absolute Gasteiger partial charge is 0.495 e. The van der Waals surface area contributed by atoms with E-state index in [0.717, 1.165) is 16.6 Å². The molecule has 2 amide bonds. The molecule has 33 heavy (non-hydrogen) atoms. The Balaban J connectivity index is 1.54. The summed E-state index contributed by atoms with van der Waals surface area (Å²) in [6.45, 7) is 0. The number of thiophene rings is 1. The number of nitrogens with one attached hydrogen (secondary N) is 1. The molecular formula is C21H20ClN3O5S3. The van der Waals surface area contributed by atoms with Crippen molar-refractivity contribution in [2.45, 2.75) is 12.5 Å². The van der Waals surface area contributed by atoms with E-state index in [1.807, 2.05) is 17.5 Å². The van der Waals surface area contributed by atoms with Gasteiger partial charge < -0.3 is 10.1 Å². The molecular weight excluding hydrogens is 506 g/mol. The number of anilines is 1. The molecule has 3 heterocycles. The molecule has 1 saturated heterocycles. The van der Waals surface area contributed by atoms with Crippen LogP contribution in [0.2, 0.25) is 5.02 Å². The van der Waals surface area contributed by atoms with Gasteiger partial charge in [0.15, 0.2) is 15.0 Å². The number of amides is 2. The van der Waals surface area contributed by atoms with Crippen molar-refractivity contribution in [1.29, 1.82) is 0 Å². The Morgan fingerprint density at radius 2 is 2.24 bits per heavy atom. The van der Waals surface area contributed by atoms with E-state index >= 15 is 0 Å². The topological polar surface area (TPSA) is 105 Å².